The first-order valence-electron chi connectivity index (χ1n) is 5.28. The molecule has 0 amide bonds. The minimum absolute atomic E-state index is 0.0280. The van der Waals surface area contributed by atoms with Crippen molar-refractivity contribution in [2.45, 2.75) is 19.9 Å². The van der Waals surface area contributed by atoms with E-state index in [-0.39, 0.29) is 12.6 Å². The third-order valence-electron chi connectivity index (χ3n) is 2.57. The maximum Gasteiger partial charge on any atom is 0.147 e. The molecule has 5 heteroatoms. The largest absolute Gasteiger partial charge is 0.394 e. The van der Waals surface area contributed by atoms with Crippen molar-refractivity contribution in [3.05, 3.63) is 17.8 Å². The molecule has 0 radical (unpaired) electrons. The van der Waals surface area contributed by atoms with Gasteiger partial charge in [-0.1, -0.05) is 13.8 Å². The molecule has 0 bridgehead atoms. The number of nitrogens with zero attached hydrogens (tertiary/aromatic N) is 2. The lowest BCUT2D eigenvalue weighted by Gasteiger charge is -2.20. The predicted octanol–water partition coefficient (Wildman–Crippen LogP) is 2.12. The molecule has 0 spiro atoms. The van der Waals surface area contributed by atoms with Crippen LogP contribution in [-0.4, -0.2) is 27.7 Å². The third-order valence-corrected chi connectivity index (χ3v) is 3.48. The summed E-state index contributed by atoms with van der Waals surface area (Å²) in [6.07, 6.45) is 1.55. The summed E-state index contributed by atoms with van der Waals surface area (Å²) in [7, 11) is 0. The van der Waals surface area contributed by atoms with E-state index < -0.39 is 0 Å². The van der Waals surface area contributed by atoms with Gasteiger partial charge in [-0.15, -0.1) is 11.3 Å². The van der Waals surface area contributed by atoms with Crippen LogP contribution >= 0.6 is 11.3 Å². The van der Waals surface area contributed by atoms with Crippen LogP contribution in [0.25, 0.3) is 10.2 Å². The molecule has 0 saturated heterocycles. The maximum atomic E-state index is 9.28. The molecular formula is C11H15N3OS. The van der Waals surface area contributed by atoms with Gasteiger partial charge in [0.05, 0.1) is 22.9 Å². The number of aromatic nitrogens is 2. The van der Waals surface area contributed by atoms with Gasteiger partial charge in [-0.3, -0.25) is 0 Å². The lowest BCUT2D eigenvalue weighted by molar-refractivity contribution is 0.249. The normalized spacial score (nSPS) is 13.2. The molecule has 0 aliphatic carbocycles. The van der Waals surface area contributed by atoms with Crippen molar-refractivity contribution in [3.63, 3.8) is 0 Å². The predicted molar refractivity (Wildman–Crippen MR) is 66.7 cm³/mol. The van der Waals surface area contributed by atoms with Crippen molar-refractivity contribution < 1.29 is 5.11 Å². The SMILES string of the molecule is CC(C)C(CO)Nc1ncnc2ccsc12. The molecule has 2 aromatic rings. The van der Waals surface area contributed by atoms with Gasteiger partial charge in [0.1, 0.15) is 12.1 Å². The Hall–Kier alpha value is -1.20. The fourth-order valence-corrected chi connectivity index (χ4v) is 2.29. The summed E-state index contributed by atoms with van der Waals surface area (Å²) < 4.78 is 1.04. The number of aliphatic hydroxyl groups excluding tert-OH is 1. The summed E-state index contributed by atoms with van der Waals surface area (Å²) in [6, 6.07) is 2.00. The minimum Gasteiger partial charge on any atom is -0.394 e. The number of hydrogen-bond donors (Lipinski definition) is 2. The Balaban J connectivity index is 2.29. The number of hydrogen-bond acceptors (Lipinski definition) is 5. The summed E-state index contributed by atoms with van der Waals surface area (Å²) >= 11 is 1.61. The average Bonchev–Trinajstić information content (AvgIpc) is 2.73. The van der Waals surface area contributed by atoms with Gasteiger partial charge in [0.15, 0.2) is 0 Å². The van der Waals surface area contributed by atoms with Crippen LogP contribution in [0.3, 0.4) is 0 Å². The van der Waals surface area contributed by atoms with E-state index >= 15 is 0 Å². The number of fused-ring (bicyclic) bond motifs is 1. The van der Waals surface area contributed by atoms with Crippen molar-refractivity contribution in [2.24, 2.45) is 5.92 Å². The van der Waals surface area contributed by atoms with Crippen molar-refractivity contribution in [3.8, 4) is 0 Å². The van der Waals surface area contributed by atoms with E-state index in [9.17, 15) is 5.11 Å². The first-order chi connectivity index (χ1) is 7.72. The van der Waals surface area contributed by atoms with Crippen LogP contribution in [0.4, 0.5) is 5.82 Å². The van der Waals surface area contributed by atoms with E-state index in [1.165, 1.54) is 0 Å². The second-order valence-electron chi connectivity index (χ2n) is 4.03. The molecule has 4 nitrogen and oxygen atoms in total. The molecule has 1 atom stereocenters. The zero-order chi connectivity index (χ0) is 11.5. The number of anilines is 1. The van der Waals surface area contributed by atoms with Crippen molar-refractivity contribution in [1.29, 1.82) is 0 Å². The second kappa shape index (κ2) is 4.76. The molecule has 0 fully saturated rings. The molecule has 0 saturated carbocycles. The van der Waals surface area contributed by atoms with Gasteiger partial charge in [0, 0.05) is 0 Å². The minimum atomic E-state index is 0.0280. The van der Waals surface area contributed by atoms with Gasteiger partial charge in [-0.25, -0.2) is 9.97 Å². The number of thiophene rings is 1. The van der Waals surface area contributed by atoms with Crippen LogP contribution in [0.15, 0.2) is 17.8 Å². The lowest BCUT2D eigenvalue weighted by atomic mass is 10.1. The molecule has 0 aliphatic heterocycles. The van der Waals surface area contributed by atoms with Gasteiger partial charge in [0.25, 0.3) is 0 Å². The van der Waals surface area contributed by atoms with Crippen LogP contribution in [-0.2, 0) is 0 Å². The lowest BCUT2D eigenvalue weighted by Crippen LogP contribution is -2.29. The van der Waals surface area contributed by atoms with E-state index in [0.29, 0.717) is 5.92 Å². The first-order valence-corrected chi connectivity index (χ1v) is 6.16. The van der Waals surface area contributed by atoms with E-state index in [4.69, 9.17) is 0 Å². The van der Waals surface area contributed by atoms with Crippen molar-refractivity contribution >= 4 is 27.4 Å². The molecule has 2 rings (SSSR count). The highest BCUT2D eigenvalue weighted by molar-refractivity contribution is 7.17. The quantitative estimate of drug-likeness (QED) is 0.855. The molecule has 2 N–H and O–H groups in total. The van der Waals surface area contributed by atoms with Crippen molar-refractivity contribution in [2.75, 3.05) is 11.9 Å². The Kier molecular flexibility index (Phi) is 3.36. The Morgan fingerprint density at radius 3 is 2.94 bits per heavy atom. The van der Waals surface area contributed by atoms with Gasteiger partial charge in [0.2, 0.25) is 0 Å². The standard InChI is InChI=1S/C11H15N3OS/c1-7(2)9(5-15)14-11-10-8(3-4-16-10)12-6-13-11/h3-4,6-7,9,15H,5H2,1-2H3,(H,12,13,14). The maximum absolute atomic E-state index is 9.28. The van der Waals surface area contributed by atoms with Crippen LogP contribution in [0.2, 0.25) is 0 Å². The summed E-state index contributed by atoms with van der Waals surface area (Å²) in [4.78, 5) is 8.40. The number of rotatable bonds is 4. The summed E-state index contributed by atoms with van der Waals surface area (Å²) in [5, 5.41) is 14.5. The Labute approximate surface area is 98.4 Å². The highest BCUT2D eigenvalue weighted by Crippen LogP contribution is 2.25. The van der Waals surface area contributed by atoms with E-state index in [0.717, 1.165) is 16.0 Å². The van der Waals surface area contributed by atoms with E-state index in [1.807, 2.05) is 11.4 Å². The highest BCUT2D eigenvalue weighted by atomic mass is 32.1. The molecule has 2 heterocycles. The average molecular weight is 237 g/mol. The van der Waals surface area contributed by atoms with Crippen molar-refractivity contribution in [1.82, 2.24) is 9.97 Å². The van der Waals surface area contributed by atoms with Gasteiger partial charge in [-0.2, -0.15) is 0 Å². The number of nitrogens with one attached hydrogen (secondary N) is 1. The van der Waals surface area contributed by atoms with Crippen LogP contribution in [0, 0.1) is 5.92 Å². The fourth-order valence-electron chi connectivity index (χ4n) is 1.49. The highest BCUT2D eigenvalue weighted by Gasteiger charge is 2.14. The summed E-state index contributed by atoms with van der Waals surface area (Å²) in [5.41, 5.74) is 0.947. The molecule has 1 unspecified atom stereocenters. The Morgan fingerprint density at radius 2 is 2.25 bits per heavy atom. The molecule has 0 aliphatic rings. The summed E-state index contributed by atoms with van der Waals surface area (Å²) in [6.45, 7) is 4.25. The van der Waals surface area contributed by atoms with Crippen LogP contribution in [0.1, 0.15) is 13.8 Å². The smallest absolute Gasteiger partial charge is 0.147 e. The second-order valence-corrected chi connectivity index (χ2v) is 4.95. The molecule has 0 aromatic carbocycles. The zero-order valence-electron chi connectivity index (χ0n) is 9.34. The van der Waals surface area contributed by atoms with E-state index in [2.05, 4.69) is 29.1 Å². The zero-order valence-corrected chi connectivity index (χ0v) is 10.2. The molecular weight excluding hydrogens is 222 g/mol. The topological polar surface area (TPSA) is 58.0 Å². The van der Waals surface area contributed by atoms with E-state index in [1.54, 1.807) is 17.7 Å². The molecule has 2 aromatic heterocycles. The van der Waals surface area contributed by atoms with Crippen LogP contribution in [0.5, 0.6) is 0 Å². The monoisotopic (exact) mass is 237 g/mol. The molecule has 86 valence electrons. The Morgan fingerprint density at radius 1 is 1.44 bits per heavy atom. The number of aliphatic hydroxyl groups is 1. The summed E-state index contributed by atoms with van der Waals surface area (Å²) in [5.74, 6) is 1.17. The van der Waals surface area contributed by atoms with Gasteiger partial charge >= 0.3 is 0 Å². The fraction of sp³-hybridized carbons (Fsp3) is 0.455. The van der Waals surface area contributed by atoms with Gasteiger partial charge in [-0.05, 0) is 17.4 Å². The first kappa shape index (κ1) is 11.3. The third kappa shape index (κ3) is 2.15. The van der Waals surface area contributed by atoms with Crippen LogP contribution < -0.4 is 5.32 Å². The Bertz CT molecular complexity index is 469. The molecule has 16 heavy (non-hydrogen) atoms. The van der Waals surface area contributed by atoms with Gasteiger partial charge < -0.3 is 10.4 Å².